The van der Waals surface area contributed by atoms with Crippen molar-refractivity contribution in [2.45, 2.75) is 135 Å². The summed E-state index contributed by atoms with van der Waals surface area (Å²) in [6.07, 6.45) is 6.47. The van der Waals surface area contributed by atoms with Crippen molar-refractivity contribution in [2.75, 3.05) is 0 Å². The third-order valence-corrected chi connectivity index (χ3v) is 11.9. The van der Waals surface area contributed by atoms with Crippen molar-refractivity contribution >= 4 is 17.9 Å². The van der Waals surface area contributed by atoms with E-state index in [-0.39, 0.29) is 29.0 Å². The summed E-state index contributed by atoms with van der Waals surface area (Å²) in [7, 11) is 0. The molecular formula is C30H47NO8. The highest BCUT2D eigenvalue weighted by Crippen LogP contribution is 2.68. The van der Waals surface area contributed by atoms with Crippen LogP contribution in [-0.4, -0.2) is 59.3 Å². The third kappa shape index (κ3) is 4.80. The first kappa shape index (κ1) is 28.8. The molecule has 0 radical (unpaired) electrons. The van der Waals surface area contributed by atoms with Gasteiger partial charge >= 0.3 is 17.9 Å². The molecular weight excluding hydrogens is 502 g/mol. The molecule has 1 aliphatic heterocycles. The predicted molar refractivity (Wildman–Crippen MR) is 141 cm³/mol. The van der Waals surface area contributed by atoms with E-state index in [9.17, 15) is 19.5 Å². The maximum absolute atomic E-state index is 12.1. The monoisotopic (exact) mass is 549 g/mol. The number of fused-ring (bicyclic) bond motifs is 5. The Labute approximate surface area is 231 Å². The number of carbonyl (C=O) groups excluding carboxylic acids is 2. The van der Waals surface area contributed by atoms with Gasteiger partial charge in [-0.05, 0) is 93.3 Å². The molecule has 1 heterocycles. The molecule has 5 rings (SSSR count). The van der Waals surface area contributed by atoms with Gasteiger partial charge in [0.1, 0.15) is 6.10 Å². The number of esters is 2. The van der Waals surface area contributed by atoms with E-state index in [1.807, 2.05) is 6.92 Å². The molecule has 12 atom stereocenters. The minimum atomic E-state index is -0.699. The number of hydrogen-bond donors (Lipinski definition) is 2. The topological polar surface area (TPSA) is 134 Å². The molecule has 1 saturated heterocycles. The first-order chi connectivity index (χ1) is 18.3. The normalized spacial score (nSPS) is 49.2. The lowest BCUT2D eigenvalue weighted by atomic mass is 9.42. The Kier molecular flexibility index (Phi) is 7.60. The third-order valence-electron chi connectivity index (χ3n) is 11.9. The van der Waals surface area contributed by atoms with Crippen LogP contribution < -0.4 is 5.73 Å². The van der Waals surface area contributed by atoms with Gasteiger partial charge < -0.3 is 29.8 Å². The molecule has 9 nitrogen and oxygen atoms in total. The molecule has 9 heteroatoms. The second kappa shape index (κ2) is 10.3. The van der Waals surface area contributed by atoms with Crippen LogP contribution in [0, 0.1) is 34.5 Å². The van der Waals surface area contributed by atoms with Gasteiger partial charge in [0.15, 0.2) is 12.4 Å². The Balaban J connectivity index is 1.27. The van der Waals surface area contributed by atoms with Crippen molar-refractivity contribution in [3.05, 3.63) is 0 Å². The molecule has 0 aromatic heterocycles. The van der Waals surface area contributed by atoms with Crippen molar-refractivity contribution in [1.82, 2.24) is 0 Å². The van der Waals surface area contributed by atoms with E-state index in [1.165, 1.54) is 13.8 Å². The maximum Gasteiger partial charge on any atom is 0.307 e. The number of rotatable bonds is 5. The van der Waals surface area contributed by atoms with Crippen molar-refractivity contribution in [2.24, 2.45) is 40.2 Å². The number of carboxylic acids is 1. The molecule has 4 aliphatic carbocycles. The average molecular weight is 550 g/mol. The molecule has 5 aliphatic rings. The average Bonchev–Trinajstić information content (AvgIpc) is 3.13. The summed E-state index contributed by atoms with van der Waals surface area (Å²) in [6.45, 7) is 9.16. The van der Waals surface area contributed by atoms with E-state index in [1.54, 1.807) is 0 Å². The second-order valence-corrected chi connectivity index (χ2v) is 13.7. The SMILES string of the molecule is CC(=O)O[C@H]1C[C@H](OC(C)=O)[C@@H](C)O[C@H]1OC1CC[C@@]2(C)C(CC[C@@H]3[C@H]2CC[C@]2(C)C(C(=O)O)CC[C@@]32N)C1. The summed E-state index contributed by atoms with van der Waals surface area (Å²) in [5.41, 5.74) is 6.64. The van der Waals surface area contributed by atoms with E-state index >= 15 is 0 Å². The lowest BCUT2D eigenvalue weighted by Crippen LogP contribution is -2.66. The molecule has 4 saturated carbocycles. The minimum Gasteiger partial charge on any atom is -0.481 e. The molecule has 0 bridgehead atoms. The van der Waals surface area contributed by atoms with Crippen LogP contribution in [0.2, 0.25) is 0 Å². The summed E-state index contributed by atoms with van der Waals surface area (Å²) >= 11 is 0. The Morgan fingerprint density at radius 2 is 1.56 bits per heavy atom. The van der Waals surface area contributed by atoms with Crippen molar-refractivity contribution < 1.29 is 38.4 Å². The van der Waals surface area contributed by atoms with Gasteiger partial charge in [-0.15, -0.1) is 0 Å². The van der Waals surface area contributed by atoms with Crippen LogP contribution in [-0.2, 0) is 33.3 Å². The first-order valence-corrected chi connectivity index (χ1v) is 15.0. The lowest BCUT2D eigenvalue weighted by molar-refractivity contribution is -0.288. The van der Waals surface area contributed by atoms with Gasteiger partial charge in [-0.2, -0.15) is 0 Å². The lowest BCUT2D eigenvalue weighted by Gasteiger charge is -2.64. The smallest absolute Gasteiger partial charge is 0.307 e. The molecule has 3 N–H and O–H groups in total. The fourth-order valence-electron chi connectivity index (χ4n) is 9.71. The van der Waals surface area contributed by atoms with Gasteiger partial charge in [0, 0.05) is 25.8 Å². The summed E-state index contributed by atoms with van der Waals surface area (Å²) in [5, 5.41) is 9.94. The first-order valence-electron chi connectivity index (χ1n) is 15.0. The summed E-state index contributed by atoms with van der Waals surface area (Å²) in [5.74, 6) is -0.505. The highest BCUT2D eigenvalue weighted by molar-refractivity contribution is 5.72. The van der Waals surface area contributed by atoms with Crippen molar-refractivity contribution in [1.29, 1.82) is 0 Å². The largest absolute Gasteiger partial charge is 0.481 e. The maximum atomic E-state index is 12.1. The van der Waals surface area contributed by atoms with E-state index in [4.69, 9.17) is 24.7 Å². The quantitative estimate of drug-likeness (QED) is 0.382. The number of hydrogen-bond acceptors (Lipinski definition) is 8. The van der Waals surface area contributed by atoms with Gasteiger partial charge in [-0.25, -0.2) is 0 Å². The molecule has 0 spiro atoms. The van der Waals surface area contributed by atoms with Crippen LogP contribution >= 0.6 is 0 Å². The van der Waals surface area contributed by atoms with Crippen LogP contribution in [0.3, 0.4) is 0 Å². The molecule has 0 aromatic carbocycles. The Hall–Kier alpha value is -1.71. The van der Waals surface area contributed by atoms with Crippen LogP contribution in [0.5, 0.6) is 0 Å². The van der Waals surface area contributed by atoms with Gasteiger partial charge in [-0.3, -0.25) is 14.4 Å². The van der Waals surface area contributed by atoms with E-state index in [0.717, 1.165) is 51.4 Å². The number of nitrogens with two attached hydrogens (primary N) is 1. The van der Waals surface area contributed by atoms with E-state index in [2.05, 4.69) is 13.8 Å². The van der Waals surface area contributed by atoms with Gasteiger partial charge in [0.25, 0.3) is 0 Å². The van der Waals surface area contributed by atoms with Crippen LogP contribution in [0.25, 0.3) is 0 Å². The van der Waals surface area contributed by atoms with Crippen molar-refractivity contribution in [3.63, 3.8) is 0 Å². The number of carboxylic acid groups (broad SMARTS) is 1. The van der Waals surface area contributed by atoms with Crippen LogP contribution in [0.15, 0.2) is 0 Å². The standard InChI is InChI=1S/C30H47NO8/c1-16-24(37-17(2)32)15-25(38-18(3)33)27(36-16)39-20-8-11-28(4)19(14-20)6-7-22-21(28)9-12-29(5)23(26(34)35)10-13-30(22,29)31/h16,19-25,27H,6-15,31H2,1-5H3,(H,34,35)/t16-,19?,20?,21-,22-,23?,24+,25+,27+,28+,29-,30-/m1/s1. The minimum absolute atomic E-state index is 0.0104. The Bertz CT molecular complexity index is 988. The van der Waals surface area contributed by atoms with Crippen LogP contribution in [0.1, 0.15) is 98.8 Å². The zero-order valence-electron chi connectivity index (χ0n) is 24.1. The number of carbonyl (C=O) groups is 3. The van der Waals surface area contributed by atoms with Gasteiger partial charge in [0.05, 0.1) is 18.1 Å². The highest BCUT2D eigenvalue weighted by Gasteiger charge is 2.67. The molecule has 5 fully saturated rings. The summed E-state index contributed by atoms with van der Waals surface area (Å²) < 4.78 is 23.6. The summed E-state index contributed by atoms with van der Waals surface area (Å²) in [4.78, 5) is 35.5. The van der Waals surface area contributed by atoms with E-state index < -0.39 is 41.9 Å². The Morgan fingerprint density at radius 1 is 0.872 bits per heavy atom. The fourth-order valence-corrected chi connectivity index (χ4v) is 9.71. The molecule has 0 amide bonds. The van der Waals surface area contributed by atoms with Gasteiger partial charge in [0.2, 0.25) is 0 Å². The number of ether oxygens (including phenoxy) is 4. The highest BCUT2D eigenvalue weighted by atomic mass is 16.7. The zero-order valence-corrected chi connectivity index (χ0v) is 24.1. The van der Waals surface area contributed by atoms with Crippen LogP contribution in [0.4, 0.5) is 0 Å². The van der Waals surface area contributed by atoms with Gasteiger partial charge in [-0.1, -0.05) is 13.8 Å². The summed E-state index contributed by atoms with van der Waals surface area (Å²) in [6, 6.07) is 0. The predicted octanol–water partition coefficient (Wildman–Crippen LogP) is 4.19. The molecule has 39 heavy (non-hydrogen) atoms. The second-order valence-electron chi connectivity index (χ2n) is 13.7. The fraction of sp³-hybridized carbons (Fsp3) is 0.900. The van der Waals surface area contributed by atoms with E-state index in [0.29, 0.717) is 30.6 Å². The molecule has 0 aromatic rings. The Morgan fingerprint density at radius 3 is 2.23 bits per heavy atom. The number of aliphatic carboxylic acids is 1. The zero-order chi connectivity index (χ0) is 28.3. The molecule has 3 unspecified atom stereocenters. The molecule has 220 valence electrons. The van der Waals surface area contributed by atoms with Crippen molar-refractivity contribution in [3.8, 4) is 0 Å².